The lowest BCUT2D eigenvalue weighted by atomic mass is 10.2. The number of H-pyrrole nitrogens is 1. The highest BCUT2D eigenvalue weighted by molar-refractivity contribution is 5.78. The first-order valence-corrected chi connectivity index (χ1v) is 8.08. The predicted molar refractivity (Wildman–Crippen MR) is 88.5 cm³/mol. The van der Waals surface area contributed by atoms with Gasteiger partial charge in [0, 0.05) is 12.7 Å². The van der Waals surface area contributed by atoms with Crippen LogP contribution < -0.4 is 11.1 Å². The van der Waals surface area contributed by atoms with E-state index in [0.717, 1.165) is 19.4 Å². The summed E-state index contributed by atoms with van der Waals surface area (Å²) in [7, 11) is 0. The van der Waals surface area contributed by atoms with Gasteiger partial charge in [-0.3, -0.25) is 9.59 Å². The number of nitriles is 1. The molecule has 1 fully saturated rings. The van der Waals surface area contributed by atoms with E-state index < -0.39 is 5.56 Å². The van der Waals surface area contributed by atoms with Crippen molar-refractivity contribution in [1.29, 1.82) is 5.26 Å². The Balaban J connectivity index is 1.72. The second-order valence-corrected chi connectivity index (χ2v) is 6.02. The number of unbranched alkanes of at least 4 members (excludes halogenated alkanes) is 1. The van der Waals surface area contributed by atoms with Crippen molar-refractivity contribution in [2.24, 2.45) is 0 Å². The maximum Gasteiger partial charge on any atom is 0.266 e. The van der Waals surface area contributed by atoms with Crippen molar-refractivity contribution in [3.63, 3.8) is 0 Å². The van der Waals surface area contributed by atoms with Crippen LogP contribution in [-0.2, 0) is 6.54 Å². The summed E-state index contributed by atoms with van der Waals surface area (Å²) in [6.45, 7) is 4.14. The first kappa shape index (κ1) is 15.5. The van der Waals surface area contributed by atoms with Crippen LogP contribution in [0.25, 0.3) is 10.9 Å². The predicted octanol–water partition coefficient (Wildman–Crippen LogP) is 1.44. The molecule has 0 radical (unpaired) electrons. The van der Waals surface area contributed by atoms with Crippen molar-refractivity contribution >= 4 is 10.9 Å². The molecule has 2 aromatic heterocycles. The zero-order valence-electron chi connectivity index (χ0n) is 13.0. The molecule has 3 rings (SSSR count). The Morgan fingerprint density at radius 2 is 1.91 bits per heavy atom. The summed E-state index contributed by atoms with van der Waals surface area (Å²) in [6, 6.07) is 4.93. The molecule has 0 atom stereocenters. The maximum atomic E-state index is 12.5. The van der Waals surface area contributed by atoms with Gasteiger partial charge in [-0.1, -0.05) is 0 Å². The van der Waals surface area contributed by atoms with Gasteiger partial charge in [-0.05, 0) is 57.5 Å². The highest BCUT2D eigenvalue weighted by Crippen LogP contribution is 2.09. The van der Waals surface area contributed by atoms with Crippen LogP contribution in [0.4, 0.5) is 0 Å². The molecule has 1 saturated heterocycles. The minimum absolute atomic E-state index is 0.0265. The minimum atomic E-state index is -0.456. The topological polar surface area (TPSA) is 81.9 Å². The number of fused-ring (bicyclic) bond motifs is 1. The summed E-state index contributed by atoms with van der Waals surface area (Å²) in [5, 5.41) is 9.32. The number of hydrogen-bond acceptors (Lipinski definition) is 4. The summed E-state index contributed by atoms with van der Waals surface area (Å²) < 4.78 is 1.66. The Kier molecular flexibility index (Phi) is 4.58. The largest absolute Gasteiger partial charge is 0.321 e. The third-order valence-corrected chi connectivity index (χ3v) is 4.43. The van der Waals surface area contributed by atoms with Gasteiger partial charge in [0.25, 0.3) is 11.1 Å². The third-order valence-electron chi connectivity index (χ3n) is 4.43. The first-order valence-electron chi connectivity index (χ1n) is 8.08. The molecule has 0 bridgehead atoms. The fourth-order valence-corrected chi connectivity index (χ4v) is 3.12. The van der Waals surface area contributed by atoms with Crippen LogP contribution >= 0.6 is 0 Å². The maximum absolute atomic E-state index is 12.5. The number of nitrogens with zero attached hydrogens (tertiary/aromatic N) is 3. The molecular formula is C17H20N4O2. The second-order valence-electron chi connectivity index (χ2n) is 6.02. The lowest BCUT2D eigenvalue weighted by Crippen LogP contribution is -2.23. The minimum Gasteiger partial charge on any atom is -0.321 e. The molecule has 0 spiro atoms. The zero-order chi connectivity index (χ0) is 16.2. The molecular weight excluding hydrogens is 292 g/mol. The third kappa shape index (κ3) is 3.35. The van der Waals surface area contributed by atoms with Crippen molar-refractivity contribution in [3.8, 4) is 6.07 Å². The average molecular weight is 312 g/mol. The SMILES string of the molecule is N#Cc1cc2c(=O)n(CCCCN3CCCC3)ccc2[nH]c1=O. The van der Waals surface area contributed by atoms with E-state index in [4.69, 9.17) is 5.26 Å². The van der Waals surface area contributed by atoms with Crippen LogP contribution in [0.1, 0.15) is 31.2 Å². The number of hydrogen-bond donors (Lipinski definition) is 1. The Morgan fingerprint density at radius 3 is 2.65 bits per heavy atom. The zero-order valence-corrected chi connectivity index (χ0v) is 13.0. The summed E-state index contributed by atoms with van der Waals surface area (Å²) in [6.07, 6.45) is 6.31. The van der Waals surface area contributed by atoms with Gasteiger partial charge >= 0.3 is 0 Å². The molecule has 0 saturated carbocycles. The Bertz CT molecular complexity index is 853. The van der Waals surface area contributed by atoms with Crippen molar-refractivity contribution in [2.75, 3.05) is 19.6 Å². The fourth-order valence-electron chi connectivity index (χ4n) is 3.12. The molecule has 0 unspecified atom stereocenters. The average Bonchev–Trinajstić information content (AvgIpc) is 3.06. The van der Waals surface area contributed by atoms with E-state index in [-0.39, 0.29) is 11.1 Å². The van der Waals surface area contributed by atoms with E-state index in [0.29, 0.717) is 17.4 Å². The molecule has 23 heavy (non-hydrogen) atoms. The van der Waals surface area contributed by atoms with Gasteiger partial charge in [0.2, 0.25) is 0 Å². The molecule has 1 N–H and O–H groups in total. The van der Waals surface area contributed by atoms with Gasteiger partial charge in [0.05, 0.1) is 10.9 Å². The highest BCUT2D eigenvalue weighted by Gasteiger charge is 2.11. The van der Waals surface area contributed by atoms with E-state index in [1.165, 1.54) is 32.0 Å². The lowest BCUT2D eigenvalue weighted by Gasteiger charge is -2.14. The van der Waals surface area contributed by atoms with Crippen LogP contribution in [0.5, 0.6) is 0 Å². The highest BCUT2D eigenvalue weighted by atomic mass is 16.1. The second kappa shape index (κ2) is 6.80. The normalized spacial score (nSPS) is 15.1. The Labute approximate surface area is 134 Å². The first-order chi connectivity index (χ1) is 11.2. The molecule has 0 amide bonds. The quantitative estimate of drug-likeness (QED) is 0.847. The van der Waals surface area contributed by atoms with Gasteiger partial charge in [-0.15, -0.1) is 0 Å². The molecule has 0 aliphatic carbocycles. The van der Waals surface area contributed by atoms with Crippen molar-refractivity contribution in [1.82, 2.24) is 14.5 Å². The number of pyridine rings is 2. The lowest BCUT2D eigenvalue weighted by molar-refractivity contribution is 0.326. The van der Waals surface area contributed by atoms with E-state index >= 15 is 0 Å². The smallest absolute Gasteiger partial charge is 0.266 e. The monoisotopic (exact) mass is 312 g/mol. The van der Waals surface area contributed by atoms with E-state index in [1.807, 2.05) is 6.07 Å². The molecule has 1 aliphatic heterocycles. The van der Waals surface area contributed by atoms with Gasteiger partial charge < -0.3 is 14.5 Å². The number of likely N-dealkylation sites (tertiary alicyclic amines) is 1. The van der Waals surface area contributed by atoms with Gasteiger partial charge in [0.15, 0.2) is 0 Å². The summed E-state index contributed by atoms with van der Waals surface area (Å²) in [5.74, 6) is 0. The van der Waals surface area contributed by atoms with Crippen LogP contribution in [-0.4, -0.2) is 34.1 Å². The summed E-state index contributed by atoms with van der Waals surface area (Å²) >= 11 is 0. The van der Waals surface area contributed by atoms with Crippen LogP contribution in [0, 0.1) is 11.3 Å². The van der Waals surface area contributed by atoms with Gasteiger partial charge in [-0.25, -0.2) is 0 Å². The summed E-state index contributed by atoms with van der Waals surface area (Å²) in [5.41, 5.74) is -0.159. The molecule has 2 aromatic rings. The molecule has 6 heteroatoms. The molecule has 120 valence electrons. The van der Waals surface area contributed by atoms with E-state index in [1.54, 1.807) is 16.8 Å². The van der Waals surface area contributed by atoms with Crippen molar-refractivity contribution in [3.05, 3.63) is 44.6 Å². The van der Waals surface area contributed by atoms with Crippen LogP contribution in [0.3, 0.4) is 0 Å². The standard InChI is InChI=1S/C17H20N4O2/c18-12-13-11-14-15(19-16(13)22)5-10-21(17(14)23)9-4-3-8-20-6-1-2-7-20/h5,10-11H,1-4,6-9H2,(H,19,22). The molecule has 3 heterocycles. The molecule has 6 nitrogen and oxygen atoms in total. The van der Waals surface area contributed by atoms with Gasteiger partial charge in [-0.2, -0.15) is 5.26 Å². The fraction of sp³-hybridized carbons (Fsp3) is 0.471. The Hall–Kier alpha value is -2.39. The van der Waals surface area contributed by atoms with Crippen LogP contribution in [0.2, 0.25) is 0 Å². The van der Waals surface area contributed by atoms with Crippen molar-refractivity contribution in [2.45, 2.75) is 32.2 Å². The van der Waals surface area contributed by atoms with Crippen molar-refractivity contribution < 1.29 is 0 Å². The Morgan fingerprint density at radius 1 is 1.17 bits per heavy atom. The number of nitrogens with one attached hydrogen (secondary N) is 1. The number of aromatic nitrogens is 2. The van der Waals surface area contributed by atoms with Gasteiger partial charge in [0.1, 0.15) is 11.6 Å². The number of rotatable bonds is 5. The number of aryl methyl sites for hydroxylation is 1. The van der Waals surface area contributed by atoms with E-state index in [9.17, 15) is 9.59 Å². The number of aromatic amines is 1. The van der Waals surface area contributed by atoms with E-state index in [2.05, 4.69) is 9.88 Å². The molecule has 0 aromatic carbocycles. The molecule has 1 aliphatic rings. The summed E-state index contributed by atoms with van der Waals surface area (Å²) in [4.78, 5) is 29.1. The van der Waals surface area contributed by atoms with Crippen LogP contribution in [0.15, 0.2) is 27.9 Å².